The average Bonchev–Trinajstić information content (AvgIpc) is 3.00. The van der Waals surface area contributed by atoms with E-state index in [2.05, 4.69) is 21.7 Å². The van der Waals surface area contributed by atoms with E-state index < -0.39 is 11.9 Å². The first-order valence-corrected chi connectivity index (χ1v) is 7.81. The summed E-state index contributed by atoms with van der Waals surface area (Å²) >= 11 is 5.96. The van der Waals surface area contributed by atoms with Gasteiger partial charge in [-0.25, -0.2) is 9.37 Å². The minimum Gasteiger partial charge on any atom is -0.492 e. The van der Waals surface area contributed by atoms with Crippen molar-refractivity contribution in [2.75, 3.05) is 13.2 Å². The van der Waals surface area contributed by atoms with Gasteiger partial charge in [0.2, 0.25) is 0 Å². The van der Waals surface area contributed by atoms with Crippen molar-refractivity contribution in [3.05, 3.63) is 69.8 Å². The lowest BCUT2D eigenvalue weighted by Gasteiger charge is -2.13. The van der Waals surface area contributed by atoms with Crippen LogP contribution < -0.4 is 0 Å². The van der Waals surface area contributed by atoms with Gasteiger partial charge in [-0.3, -0.25) is 0 Å². The maximum absolute atomic E-state index is 14.0. The van der Waals surface area contributed by atoms with E-state index in [4.69, 9.17) is 21.4 Å². The van der Waals surface area contributed by atoms with Gasteiger partial charge in [-0.05, 0) is 25.1 Å². The van der Waals surface area contributed by atoms with Crippen LogP contribution in [0.15, 0.2) is 59.5 Å². The summed E-state index contributed by atoms with van der Waals surface area (Å²) in [7, 11) is 0. The summed E-state index contributed by atoms with van der Waals surface area (Å²) in [6.07, 6.45) is 5.90. The Morgan fingerprint density at radius 3 is 3.00 bits per heavy atom. The minimum absolute atomic E-state index is 0.0357. The van der Waals surface area contributed by atoms with E-state index in [1.54, 1.807) is 19.1 Å². The molecule has 2 rings (SSSR count). The second kappa shape index (κ2) is 8.55. The predicted octanol–water partition coefficient (Wildman–Crippen LogP) is 4.35. The zero-order chi connectivity index (χ0) is 18.4. The molecule has 1 atom stereocenters. The average molecular weight is 366 g/mol. The Hall–Kier alpha value is -2.51. The molecule has 0 aromatic carbocycles. The van der Waals surface area contributed by atoms with Crippen LogP contribution in [0.5, 0.6) is 0 Å². The first-order valence-electron chi connectivity index (χ1n) is 7.43. The van der Waals surface area contributed by atoms with Crippen molar-refractivity contribution in [1.29, 1.82) is 0 Å². The number of aromatic amines is 1. The van der Waals surface area contributed by atoms with Gasteiger partial charge >= 0.3 is 0 Å². The first-order chi connectivity index (χ1) is 12.0. The third-order valence-corrected chi connectivity index (χ3v) is 3.69. The molecular formula is C17H17ClFN3O3. The third-order valence-electron chi connectivity index (χ3n) is 3.48. The van der Waals surface area contributed by atoms with Crippen molar-refractivity contribution in [3.63, 3.8) is 0 Å². The molecule has 0 aliphatic rings. The summed E-state index contributed by atoms with van der Waals surface area (Å²) in [5.74, 6) is -0.534. The van der Waals surface area contributed by atoms with Crippen molar-refractivity contribution in [1.82, 2.24) is 9.97 Å². The Morgan fingerprint density at radius 2 is 2.40 bits per heavy atom. The van der Waals surface area contributed by atoms with E-state index in [0.29, 0.717) is 21.6 Å². The number of nitroso groups, excluding NO2 is 1. The van der Waals surface area contributed by atoms with Crippen LogP contribution in [0.3, 0.4) is 0 Å². The molecule has 132 valence electrons. The highest BCUT2D eigenvalue weighted by atomic mass is 35.5. The molecule has 0 aliphatic carbocycles. The number of rotatable bonds is 8. The summed E-state index contributed by atoms with van der Waals surface area (Å²) in [5, 5.41) is 12.8. The monoisotopic (exact) mass is 365 g/mol. The summed E-state index contributed by atoms with van der Waals surface area (Å²) in [4.78, 5) is 18.5. The van der Waals surface area contributed by atoms with E-state index in [9.17, 15) is 9.30 Å². The SMILES string of the molecule is C=C(F)/C(=C\C(=C/C)OCCO)C(N=O)c1c[nH]c2ncc(Cl)cc12. The summed E-state index contributed by atoms with van der Waals surface area (Å²) in [6, 6.07) is 0.449. The molecule has 2 heterocycles. The highest BCUT2D eigenvalue weighted by molar-refractivity contribution is 6.31. The van der Waals surface area contributed by atoms with Gasteiger partial charge in [0.1, 0.15) is 29.9 Å². The van der Waals surface area contributed by atoms with Crippen molar-refractivity contribution in [3.8, 4) is 0 Å². The van der Waals surface area contributed by atoms with Gasteiger partial charge in [0.25, 0.3) is 0 Å². The normalized spacial score (nSPS) is 13.8. The molecule has 1 unspecified atom stereocenters. The zero-order valence-corrected chi connectivity index (χ0v) is 14.3. The van der Waals surface area contributed by atoms with Crippen LogP contribution in [0.25, 0.3) is 11.0 Å². The lowest BCUT2D eigenvalue weighted by Crippen LogP contribution is -2.03. The lowest BCUT2D eigenvalue weighted by atomic mass is 9.98. The largest absolute Gasteiger partial charge is 0.492 e. The second-order valence-electron chi connectivity index (χ2n) is 5.07. The Bertz CT molecular complexity index is 845. The van der Waals surface area contributed by atoms with Gasteiger partial charge in [0.05, 0.1) is 11.6 Å². The molecular weight excluding hydrogens is 349 g/mol. The minimum atomic E-state index is -1.17. The summed E-state index contributed by atoms with van der Waals surface area (Å²) < 4.78 is 19.3. The fourth-order valence-electron chi connectivity index (χ4n) is 2.34. The maximum Gasteiger partial charge on any atom is 0.147 e. The van der Waals surface area contributed by atoms with Crippen molar-refractivity contribution < 1.29 is 14.2 Å². The number of allylic oxidation sites excluding steroid dienone is 2. The highest BCUT2D eigenvalue weighted by Crippen LogP contribution is 2.36. The smallest absolute Gasteiger partial charge is 0.147 e. The number of hydrogen-bond donors (Lipinski definition) is 2. The van der Waals surface area contributed by atoms with Gasteiger partial charge < -0.3 is 14.8 Å². The molecule has 8 heteroatoms. The Morgan fingerprint density at radius 1 is 1.64 bits per heavy atom. The number of H-pyrrole nitrogens is 1. The lowest BCUT2D eigenvalue weighted by molar-refractivity contribution is 0.151. The molecule has 6 nitrogen and oxygen atoms in total. The topological polar surface area (TPSA) is 87.6 Å². The molecule has 2 N–H and O–H groups in total. The molecule has 2 aromatic rings. The van der Waals surface area contributed by atoms with Gasteiger partial charge in [-0.15, -0.1) is 4.91 Å². The fraction of sp³-hybridized carbons (Fsp3) is 0.235. The number of fused-ring (bicyclic) bond motifs is 1. The number of nitrogens with zero attached hydrogens (tertiary/aromatic N) is 2. The Balaban J connectivity index is 2.52. The quantitative estimate of drug-likeness (QED) is 0.413. The number of hydrogen-bond acceptors (Lipinski definition) is 5. The summed E-state index contributed by atoms with van der Waals surface area (Å²) in [5.41, 5.74) is 0.865. The number of pyridine rings is 1. The van der Waals surface area contributed by atoms with E-state index in [1.807, 2.05) is 0 Å². The highest BCUT2D eigenvalue weighted by Gasteiger charge is 2.24. The van der Waals surface area contributed by atoms with E-state index in [-0.39, 0.29) is 24.5 Å². The second-order valence-corrected chi connectivity index (χ2v) is 5.51. The van der Waals surface area contributed by atoms with Crippen LogP contribution in [-0.4, -0.2) is 28.3 Å². The van der Waals surface area contributed by atoms with Crippen molar-refractivity contribution >= 4 is 22.6 Å². The Kier molecular flexibility index (Phi) is 6.44. The Labute approximate surface area is 148 Å². The number of ether oxygens (including phenoxy) is 1. The van der Waals surface area contributed by atoms with Crippen LogP contribution >= 0.6 is 11.6 Å². The molecule has 0 aliphatic heterocycles. The van der Waals surface area contributed by atoms with E-state index >= 15 is 0 Å². The zero-order valence-electron chi connectivity index (χ0n) is 13.5. The fourth-order valence-corrected chi connectivity index (χ4v) is 2.49. The van der Waals surface area contributed by atoms with Crippen molar-refractivity contribution in [2.24, 2.45) is 5.18 Å². The molecule has 0 bridgehead atoms. The molecule has 0 saturated heterocycles. The molecule has 0 amide bonds. The molecule has 0 fully saturated rings. The van der Waals surface area contributed by atoms with Gasteiger partial charge in [0.15, 0.2) is 0 Å². The van der Waals surface area contributed by atoms with E-state index in [1.165, 1.54) is 18.5 Å². The number of halogens is 2. The van der Waals surface area contributed by atoms with Crippen LogP contribution in [-0.2, 0) is 4.74 Å². The van der Waals surface area contributed by atoms with Crippen LogP contribution in [0.1, 0.15) is 18.5 Å². The van der Waals surface area contributed by atoms with Gasteiger partial charge in [-0.1, -0.05) is 23.4 Å². The number of nitrogens with one attached hydrogen (secondary N) is 1. The molecule has 2 aromatic heterocycles. The molecule has 0 saturated carbocycles. The first kappa shape index (κ1) is 18.8. The standard InChI is InChI=1S/C17H17ClFN3O3/c1-3-12(25-5-4-23)7-13(10(2)19)16(22-24)15-9-21-17-14(15)6-11(18)8-20-17/h3,6-9,16,23H,2,4-5H2,1H3,(H,20,21)/b12-3+,13-7+. The third kappa shape index (κ3) is 4.32. The number of aliphatic hydroxyl groups excluding tert-OH is 1. The van der Waals surface area contributed by atoms with Crippen molar-refractivity contribution in [2.45, 2.75) is 13.0 Å². The van der Waals surface area contributed by atoms with Crippen LogP contribution in [0, 0.1) is 4.91 Å². The van der Waals surface area contributed by atoms with E-state index in [0.717, 1.165) is 0 Å². The number of aromatic nitrogens is 2. The predicted molar refractivity (Wildman–Crippen MR) is 94.8 cm³/mol. The molecule has 0 radical (unpaired) electrons. The summed E-state index contributed by atoms with van der Waals surface area (Å²) in [6.45, 7) is 4.80. The number of aliphatic hydroxyl groups is 1. The van der Waals surface area contributed by atoms with Crippen LogP contribution in [0.4, 0.5) is 4.39 Å². The van der Waals surface area contributed by atoms with Crippen LogP contribution in [0.2, 0.25) is 5.02 Å². The maximum atomic E-state index is 14.0. The molecule has 25 heavy (non-hydrogen) atoms. The molecule has 0 spiro atoms. The van der Waals surface area contributed by atoms with Gasteiger partial charge in [0, 0.05) is 28.9 Å². The van der Waals surface area contributed by atoms with Gasteiger partial charge in [-0.2, -0.15) is 0 Å².